The molecular formula is C14H19N3O9. The minimum absolute atomic E-state index is 0.383. The second-order valence-electron chi connectivity index (χ2n) is 5.30. The zero-order valence-corrected chi connectivity index (χ0v) is 14.6. The fourth-order valence-electron chi connectivity index (χ4n) is 2.33. The highest BCUT2D eigenvalue weighted by Crippen LogP contribution is 2.29. The Bertz CT molecular complexity index is 617. The maximum absolute atomic E-state index is 11.5. The van der Waals surface area contributed by atoms with Crippen molar-refractivity contribution in [3.63, 3.8) is 0 Å². The number of ether oxygens (including phenoxy) is 5. The predicted octanol–water partition coefficient (Wildman–Crippen LogP) is 0.380. The van der Waals surface area contributed by atoms with Crippen molar-refractivity contribution in [2.75, 3.05) is 6.61 Å². The van der Waals surface area contributed by atoms with Gasteiger partial charge in [0.05, 0.1) is 0 Å². The highest BCUT2D eigenvalue weighted by atomic mass is 16.7. The van der Waals surface area contributed by atoms with Gasteiger partial charge in [0.15, 0.2) is 12.2 Å². The van der Waals surface area contributed by atoms with Crippen LogP contribution in [0.1, 0.15) is 27.7 Å². The molecule has 0 aliphatic carbocycles. The van der Waals surface area contributed by atoms with E-state index in [2.05, 4.69) is 10.0 Å². The van der Waals surface area contributed by atoms with Crippen LogP contribution in [0.25, 0.3) is 10.4 Å². The standard InChI is InChI=1S/C14H19N3O9/c1-6(18)22-5-10-12(23-7(2)19)13(24-8(3)20)11(16-17-15)14(26-10)25-9(4)21/h10-14H,5H2,1-4H3/t10?,11?,12-,13+,14?/m0/s1. The number of esters is 4. The van der Waals surface area contributed by atoms with Crippen LogP contribution >= 0.6 is 0 Å². The molecule has 3 unspecified atom stereocenters. The maximum atomic E-state index is 11.5. The van der Waals surface area contributed by atoms with Gasteiger partial charge in [0.25, 0.3) is 0 Å². The number of hydrogen-bond acceptors (Lipinski definition) is 10. The van der Waals surface area contributed by atoms with Crippen LogP contribution in [0.4, 0.5) is 0 Å². The summed E-state index contributed by atoms with van der Waals surface area (Å²) in [5.74, 6) is -2.90. The minimum atomic E-state index is -1.44. The molecule has 5 atom stereocenters. The highest BCUT2D eigenvalue weighted by Gasteiger charge is 2.51. The van der Waals surface area contributed by atoms with Crippen LogP contribution in [0.2, 0.25) is 0 Å². The minimum Gasteiger partial charge on any atom is -0.463 e. The van der Waals surface area contributed by atoms with Gasteiger partial charge in [0.2, 0.25) is 6.29 Å². The van der Waals surface area contributed by atoms with Crippen molar-refractivity contribution in [2.24, 2.45) is 5.11 Å². The third kappa shape index (κ3) is 6.22. The lowest BCUT2D eigenvalue weighted by Crippen LogP contribution is -2.61. The van der Waals surface area contributed by atoms with Crippen molar-refractivity contribution in [3.8, 4) is 0 Å². The highest BCUT2D eigenvalue weighted by molar-refractivity contribution is 5.68. The Kier molecular flexibility index (Phi) is 7.81. The first-order valence-electron chi connectivity index (χ1n) is 7.50. The molecule has 1 saturated heterocycles. The molecular weight excluding hydrogens is 354 g/mol. The number of carbonyl (C=O) groups excluding carboxylic acids is 4. The molecule has 0 aromatic rings. The van der Waals surface area contributed by atoms with Crippen LogP contribution in [0.5, 0.6) is 0 Å². The van der Waals surface area contributed by atoms with E-state index in [1.165, 1.54) is 0 Å². The summed E-state index contributed by atoms with van der Waals surface area (Å²) in [6.07, 6.45) is -5.18. The Labute approximate surface area is 148 Å². The third-order valence-corrected chi connectivity index (χ3v) is 3.14. The van der Waals surface area contributed by atoms with E-state index in [4.69, 9.17) is 29.2 Å². The lowest BCUT2D eigenvalue weighted by Gasteiger charge is -2.42. The summed E-state index contributed by atoms with van der Waals surface area (Å²) in [6, 6.07) is -1.33. The van der Waals surface area contributed by atoms with Gasteiger partial charge in [-0.15, -0.1) is 0 Å². The Morgan fingerprint density at radius 2 is 1.46 bits per heavy atom. The van der Waals surface area contributed by atoms with E-state index in [0.29, 0.717) is 0 Å². The van der Waals surface area contributed by atoms with E-state index in [1.807, 2.05) is 0 Å². The zero-order chi connectivity index (χ0) is 19.9. The molecule has 12 nitrogen and oxygen atoms in total. The monoisotopic (exact) mass is 373 g/mol. The maximum Gasteiger partial charge on any atom is 0.304 e. The van der Waals surface area contributed by atoms with E-state index < -0.39 is 54.5 Å². The topological polar surface area (TPSA) is 163 Å². The summed E-state index contributed by atoms with van der Waals surface area (Å²) in [5, 5.41) is 3.44. The summed E-state index contributed by atoms with van der Waals surface area (Å²) in [6.45, 7) is 4.06. The Morgan fingerprint density at radius 3 is 1.92 bits per heavy atom. The van der Waals surface area contributed by atoms with Gasteiger partial charge in [-0.3, -0.25) is 19.2 Å². The van der Waals surface area contributed by atoms with Crippen molar-refractivity contribution in [1.82, 2.24) is 0 Å². The number of hydrogen-bond donors (Lipinski definition) is 0. The quantitative estimate of drug-likeness (QED) is 0.210. The molecule has 26 heavy (non-hydrogen) atoms. The first kappa shape index (κ1) is 21.2. The molecule has 1 aliphatic rings. The summed E-state index contributed by atoms with van der Waals surface area (Å²) >= 11 is 0. The van der Waals surface area contributed by atoms with E-state index in [1.54, 1.807) is 0 Å². The molecule has 1 fully saturated rings. The van der Waals surface area contributed by atoms with Gasteiger partial charge in [-0.25, -0.2) is 0 Å². The fourth-order valence-corrected chi connectivity index (χ4v) is 2.33. The van der Waals surface area contributed by atoms with Crippen LogP contribution in [-0.4, -0.2) is 61.1 Å². The van der Waals surface area contributed by atoms with Crippen molar-refractivity contribution in [1.29, 1.82) is 0 Å². The van der Waals surface area contributed by atoms with Crippen molar-refractivity contribution in [3.05, 3.63) is 10.4 Å². The second-order valence-corrected chi connectivity index (χ2v) is 5.30. The summed E-state index contributed by atoms with van der Waals surface area (Å²) in [5.41, 5.74) is 8.78. The fraction of sp³-hybridized carbons (Fsp3) is 0.714. The number of nitrogens with zero attached hydrogens (tertiary/aromatic N) is 3. The van der Waals surface area contributed by atoms with Gasteiger partial charge in [-0.1, -0.05) is 5.11 Å². The van der Waals surface area contributed by atoms with Crippen LogP contribution in [0.3, 0.4) is 0 Å². The molecule has 0 radical (unpaired) electrons. The molecule has 0 N–H and O–H groups in total. The van der Waals surface area contributed by atoms with Gasteiger partial charge in [-0.05, 0) is 5.53 Å². The molecule has 1 aliphatic heterocycles. The summed E-state index contributed by atoms with van der Waals surface area (Å²) in [7, 11) is 0. The van der Waals surface area contributed by atoms with Gasteiger partial charge < -0.3 is 23.7 Å². The smallest absolute Gasteiger partial charge is 0.304 e. The zero-order valence-electron chi connectivity index (χ0n) is 14.6. The molecule has 0 saturated carbocycles. The first-order chi connectivity index (χ1) is 12.1. The molecule has 0 aromatic heterocycles. The summed E-state index contributed by atoms with van der Waals surface area (Å²) in [4.78, 5) is 47.9. The average Bonchev–Trinajstić information content (AvgIpc) is 2.49. The molecule has 0 amide bonds. The molecule has 1 rings (SSSR count). The van der Waals surface area contributed by atoms with Crippen molar-refractivity contribution < 1.29 is 42.9 Å². The van der Waals surface area contributed by atoms with Gasteiger partial charge >= 0.3 is 23.9 Å². The van der Waals surface area contributed by atoms with Crippen LogP contribution in [0, 0.1) is 0 Å². The summed E-state index contributed by atoms with van der Waals surface area (Å²) < 4.78 is 25.5. The Balaban J connectivity index is 3.28. The van der Waals surface area contributed by atoms with Crippen molar-refractivity contribution >= 4 is 23.9 Å². The predicted molar refractivity (Wildman–Crippen MR) is 81.1 cm³/mol. The van der Waals surface area contributed by atoms with Crippen LogP contribution < -0.4 is 0 Å². The van der Waals surface area contributed by atoms with Crippen LogP contribution in [-0.2, 0) is 42.9 Å². The van der Waals surface area contributed by atoms with Gasteiger partial charge in [0, 0.05) is 32.6 Å². The van der Waals surface area contributed by atoms with E-state index >= 15 is 0 Å². The molecule has 0 bridgehead atoms. The lowest BCUT2D eigenvalue weighted by atomic mass is 9.97. The molecule has 0 spiro atoms. The second kappa shape index (κ2) is 9.59. The van der Waals surface area contributed by atoms with E-state index in [0.717, 1.165) is 27.7 Å². The first-order valence-corrected chi connectivity index (χ1v) is 7.50. The van der Waals surface area contributed by atoms with Gasteiger partial charge in [0.1, 0.15) is 18.8 Å². The Hall–Kier alpha value is -2.85. The average molecular weight is 373 g/mol. The Morgan fingerprint density at radius 1 is 0.923 bits per heavy atom. The number of carbonyl (C=O) groups is 4. The SMILES string of the molecule is CC(=O)OCC1OC(OC(C)=O)C(N=[N+]=[N-])[C@@H](OC(C)=O)[C@H]1OC(C)=O. The lowest BCUT2D eigenvalue weighted by molar-refractivity contribution is -0.267. The molecule has 0 aromatic carbocycles. The molecule has 144 valence electrons. The van der Waals surface area contributed by atoms with Crippen molar-refractivity contribution in [2.45, 2.75) is 58.3 Å². The third-order valence-electron chi connectivity index (χ3n) is 3.14. The largest absolute Gasteiger partial charge is 0.463 e. The number of azide groups is 1. The molecule has 12 heteroatoms. The molecule has 1 heterocycles. The number of rotatable bonds is 6. The van der Waals surface area contributed by atoms with Gasteiger partial charge in [-0.2, -0.15) is 0 Å². The van der Waals surface area contributed by atoms with E-state index in [-0.39, 0.29) is 6.61 Å². The van der Waals surface area contributed by atoms with E-state index in [9.17, 15) is 19.2 Å². The van der Waals surface area contributed by atoms with Crippen LogP contribution in [0.15, 0.2) is 5.11 Å². The normalized spacial score (nSPS) is 27.5.